The van der Waals surface area contributed by atoms with Crippen LogP contribution < -0.4 is 5.32 Å². The third kappa shape index (κ3) is 4.02. The Kier molecular flexibility index (Phi) is 4.06. The lowest BCUT2D eigenvalue weighted by Crippen LogP contribution is -2.29. The monoisotopic (exact) mass is 241 g/mol. The molecular formula is C11H15NO3S. The molecular weight excluding hydrogens is 226 g/mol. The van der Waals surface area contributed by atoms with Crippen molar-refractivity contribution in [1.82, 2.24) is 5.32 Å². The van der Waals surface area contributed by atoms with Crippen LogP contribution in [0.1, 0.15) is 15.9 Å². The maximum absolute atomic E-state index is 11.6. The summed E-state index contributed by atoms with van der Waals surface area (Å²) in [7, 11) is -3.03. The minimum Gasteiger partial charge on any atom is -0.351 e. The Balaban J connectivity index is 2.57. The highest BCUT2D eigenvalue weighted by atomic mass is 32.2. The Morgan fingerprint density at radius 2 is 1.94 bits per heavy atom. The van der Waals surface area contributed by atoms with Gasteiger partial charge in [-0.05, 0) is 18.6 Å². The molecule has 0 unspecified atom stereocenters. The molecule has 0 bridgehead atoms. The summed E-state index contributed by atoms with van der Waals surface area (Å²) in [6, 6.07) is 7.18. The molecule has 0 spiro atoms. The summed E-state index contributed by atoms with van der Waals surface area (Å²) in [5.41, 5.74) is 1.45. The van der Waals surface area contributed by atoms with Crippen molar-refractivity contribution in [3.63, 3.8) is 0 Å². The predicted molar refractivity (Wildman–Crippen MR) is 63.2 cm³/mol. The quantitative estimate of drug-likeness (QED) is 0.847. The number of benzene rings is 1. The molecule has 0 saturated heterocycles. The zero-order valence-electron chi connectivity index (χ0n) is 9.36. The SMILES string of the molecule is Cc1ccccc1C(=O)NCCS(C)(=O)=O. The van der Waals surface area contributed by atoms with E-state index < -0.39 is 9.84 Å². The molecule has 16 heavy (non-hydrogen) atoms. The Morgan fingerprint density at radius 3 is 2.50 bits per heavy atom. The van der Waals surface area contributed by atoms with E-state index in [1.165, 1.54) is 0 Å². The Labute approximate surface area is 95.6 Å². The van der Waals surface area contributed by atoms with Gasteiger partial charge in [-0.1, -0.05) is 18.2 Å². The van der Waals surface area contributed by atoms with Gasteiger partial charge in [0.1, 0.15) is 9.84 Å². The first-order valence-electron chi connectivity index (χ1n) is 4.92. The number of rotatable bonds is 4. The van der Waals surface area contributed by atoms with Crippen molar-refractivity contribution in [2.75, 3.05) is 18.6 Å². The first-order chi connectivity index (χ1) is 7.40. The largest absolute Gasteiger partial charge is 0.351 e. The summed E-state index contributed by atoms with van der Waals surface area (Å²) >= 11 is 0. The van der Waals surface area contributed by atoms with Crippen LogP contribution in [0, 0.1) is 6.92 Å². The Morgan fingerprint density at radius 1 is 1.31 bits per heavy atom. The van der Waals surface area contributed by atoms with E-state index in [9.17, 15) is 13.2 Å². The van der Waals surface area contributed by atoms with Crippen LogP contribution in [0.15, 0.2) is 24.3 Å². The van der Waals surface area contributed by atoms with Crippen molar-refractivity contribution in [2.24, 2.45) is 0 Å². The number of hydrogen-bond acceptors (Lipinski definition) is 3. The van der Waals surface area contributed by atoms with E-state index in [4.69, 9.17) is 0 Å². The molecule has 0 aliphatic heterocycles. The van der Waals surface area contributed by atoms with Gasteiger partial charge in [0.2, 0.25) is 0 Å². The topological polar surface area (TPSA) is 63.2 Å². The highest BCUT2D eigenvalue weighted by Crippen LogP contribution is 2.06. The van der Waals surface area contributed by atoms with Gasteiger partial charge in [-0.3, -0.25) is 4.79 Å². The smallest absolute Gasteiger partial charge is 0.251 e. The van der Waals surface area contributed by atoms with Crippen LogP contribution in [-0.2, 0) is 9.84 Å². The van der Waals surface area contributed by atoms with Crippen molar-refractivity contribution in [3.05, 3.63) is 35.4 Å². The van der Waals surface area contributed by atoms with Crippen LogP contribution in [0.2, 0.25) is 0 Å². The fraction of sp³-hybridized carbons (Fsp3) is 0.364. The molecule has 0 aromatic heterocycles. The summed E-state index contributed by atoms with van der Waals surface area (Å²) in [6.45, 7) is 1.98. The van der Waals surface area contributed by atoms with E-state index in [0.29, 0.717) is 5.56 Å². The van der Waals surface area contributed by atoms with Crippen LogP contribution in [0.4, 0.5) is 0 Å². The number of amides is 1. The maximum Gasteiger partial charge on any atom is 0.251 e. The van der Waals surface area contributed by atoms with Crippen molar-refractivity contribution in [1.29, 1.82) is 0 Å². The van der Waals surface area contributed by atoms with Gasteiger partial charge >= 0.3 is 0 Å². The van der Waals surface area contributed by atoms with E-state index in [2.05, 4.69) is 5.32 Å². The van der Waals surface area contributed by atoms with Gasteiger partial charge in [-0.15, -0.1) is 0 Å². The van der Waals surface area contributed by atoms with E-state index in [1.54, 1.807) is 12.1 Å². The number of carbonyl (C=O) groups excluding carboxylic acids is 1. The van der Waals surface area contributed by atoms with Gasteiger partial charge in [-0.2, -0.15) is 0 Å². The molecule has 1 N–H and O–H groups in total. The second-order valence-electron chi connectivity index (χ2n) is 3.70. The average molecular weight is 241 g/mol. The fourth-order valence-electron chi connectivity index (χ4n) is 1.27. The van der Waals surface area contributed by atoms with Gasteiger partial charge in [0.05, 0.1) is 5.75 Å². The molecule has 0 aliphatic rings. The van der Waals surface area contributed by atoms with E-state index >= 15 is 0 Å². The van der Waals surface area contributed by atoms with E-state index in [-0.39, 0.29) is 18.2 Å². The molecule has 88 valence electrons. The number of hydrogen-bond donors (Lipinski definition) is 1. The molecule has 1 aromatic rings. The number of nitrogens with one attached hydrogen (secondary N) is 1. The second kappa shape index (κ2) is 5.12. The van der Waals surface area contributed by atoms with Gasteiger partial charge in [0.15, 0.2) is 0 Å². The summed E-state index contributed by atoms with van der Waals surface area (Å²) in [4.78, 5) is 11.6. The molecule has 1 amide bonds. The molecule has 0 fully saturated rings. The van der Waals surface area contributed by atoms with Gasteiger partial charge in [-0.25, -0.2) is 8.42 Å². The van der Waals surface area contributed by atoms with Crippen molar-refractivity contribution in [2.45, 2.75) is 6.92 Å². The van der Waals surface area contributed by atoms with Crippen LogP contribution in [0.3, 0.4) is 0 Å². The standard InChI is InChI=1S/C11H15NO3S/c1-9-5-3-4-6-10(9)11(13)12-7-8-16(2,14)15/h3-6H,7-8H2,1-2H3,(H,12,13). The lowest BCUT2D eigenvalue weighted by atomic mass is 10.1. The highest BCUT2D eigenvalue weighted by molar-refractivity contribution is 7.90. The fourth-order valence-corrected chi connectivity index (χ4v) is 1.75. The molecule has 0 saturated carbocycles. The first kappa shape index (κ1) is 12.7. The normalized spacial score (nSPS) is 11.1. The molecule has 0 aliphatic carbocycles. The van der Waals surface area contributed by atoms with Crippen molar-refractivity contribution in [3.8, 4) is 0 Å². The molecule has 5 heteroatoms. The van der Waals surface area contributed by atoms with Gasteiger partial charge < -0.3 is 5.32 Å². The van der Waals surface area contributed by atoms with Crippen LogP contribution in [0.25, 0.3) is 0 Å². The van der Waals surface area contributed by atoms with Crippen LogP contribution in [-0.4, -0.2) is 32.9 Å². The number of carbonyl (C=O) groups is 1. The molecule has 1 aromatic carbocycles. The second-order valence-corrected chi connectivity index (χ2v) is 5.96. The minimum atomic E-state index is -3.03. The van der Waals surface area contributed by atoms with Crippen LogP contribution >= 0.6 is 0 Å². The molecule has 0 radical (unpaired) electrons. The Hall–Kier alpha value is -1.36. The third-order valence-corrected chi connectivity index (χ3v) is 3.09. The molecule has 1 rings (SSSR count). The lowest BCUT2D eigenvalue weighted by Gasteiger charge is -2.06. The minimum absolute atomic E-state index is 0.0371. The van der Waals surface area contributed by atoms with E-state index in [1.807, 2.05) is 19.1 Å². The lowest BCUT2D eigenvalue weighted by molar-refractivity contribution is 0.0955. The Bertz CT molecular complexity index is 480. The molecule has 4 nitrogen and oxygen atoms in total. The zero-order valence-corrected chi connectivity index (χ0v) is 10.2. The summed E-state index contributed by atoms with van der Waals surface area (Å²) in [5, 5.41) is 2.58. The predicted octanol–water partition coefficient (Wildman–Crippen LogP) is 0.769. The summed E-state index contributed by atoms with van der Waals surface area (Å²) in [6.07, 6.45) is 1.15. The van der Waals surface area contributed by atoms with Crippen molar-refractivity contribution >= 4 is 15.7 Å². The molecule has 0 heterocycles. The third-order valence-electron chi connectivity index (χ3n) is 2.15. The number of aryl methyl sites for hydroxylation is 1. The van der Waals surface area contributed by atoms with Crippen LogP contribution in [0.5, 0.6) is 0 Å². The summed E-state index contributed by atoms with van der Waals surface area (Å²) < 4.78 is 21.7. The average Bonchev–Trinajstić information content (AvgIpc) is 2.16. The summed E-state index contributed by atoms with van der Waals surface area (Å²) in [5.74, 6) is -0.272. The van der Waals surface area contributed by atoms with Crippen molar-refractivity contribution < 1.29 is 13.2 Å². The molecule has 0 atom stereocenters. The highest BCUT2D eigenvalue weighted by Gasteiger charge is 2.08. The first-order valence-corrected chi connectivity index (χ1v) is 6.98. The number of sulfone groups is 1. The van der Waals surface area contributed by atoms with Gasteiger partial charge in [0.25, 0.3) is 5.91 Å². The zero-order chi connectivity index (χ0) is 12.2. The maximum atomic E-state index is 11.6. The van der Waals surface area contributed by atoms with E-state index in [0.717, 1.165) is 11.8 Å². The van der Waals surface area contributed by atoms with Gasteiger partial charge in [0, 0.05) is 18.4 Å².